The Hall–Kier alpha value is -2.98. The highest BCUT2D eigenvalue weighted by molar-refractivity contribution is 5.76. The fraction of sp³-hybridized carbons (Fsp3) is 0.0476. The van der Waals surface area contributed by atoms with Crippen molar-refractivity contribution in [3.63, 3.8) is 0 Å². The largest absolute Gasteiger partial charge is 0.311 e. The van der Waals surface area contributed by atoms with Gasteiger partial charge >= 0.3 is 0 Å². The van der Waals surface area contributed by atoms with Crippen LogP contribution in [0.2, 0.25) is 0 Å². The van der Waals surface area contributed by atoms with Crippen molar-refractivity contribution in [2.45, 2.75) is 6.92 Å². The normalized spacial score (nSPS) is 10.0. The molecule has 0 fully saturated rings. The molecule has 106 valence electrons. The third-order valence-corrected chi connectivity index (χ3v) is 3.60. The number of para-hydroxylation sites is 1. The van der Waals surface area contributed by atoms with Crippen LogP contribution < -0.4 is 4.90 Å². The molecule has 0 heterocycles. The van der Waals surface area contributed by atoms with Crippen LogP contribution in [-0.2, 0) is 0 Å². The maximum atomic E-state index is 5.45. The van der Waals surface area contributed by atoms with Crippen molar-refractivity contribution in [1.82, 2.24) is 0 Å². The zero-order valence-electron chi connectivity index (χ0n) is 12.5. The molecule has 0 aliphatic rings. The van der Waals surface area contributed by atoms with E-state index in [0.29, 0.717) is 0 Å². The molecule has 0 N–H and O–H groups in total. The van der Waals surface area contributed by atoms with Gasteiger partial charge in [0.15, 0.2) is 0 Å². The van der Waals surface area contributed by atoms with Crippen molar-refractivity contribution in [3.05, 3.63) is 90.0 Å². The molecule has 0 aliphatic carbocycles. The molecule has 0 bridgehead atoms. The second kappa shape index (κ2) is 6.20. The molecule has 3 aromatic carbocycles. The van der Waals surface area contributed by atoms with Crippen LogP contribution in [0.1, 0.15) is 11.1 Å². The highest BCUT2D eigenvalue weighted by atomic mass is 15.1. The Labute approximate surface area is 131 Å². The number of benzene rings is 3. The van der Waals surface area contributed by atoms with Crippen LogP contribution in [0, 0.1) is 19.3 Å². The Morgan fingerprint density at radius 1 is 0.682 bits per heavy atom. The van der Waals surface area contributed by atoms with Gasteiger partial charge < -0.3 is 4.90 Å². The van der Waals surface area contributed by atoms with E-state index in [1.807, 2.05) is 30.3 Å². The Bertz CT molecular complexity index is 778. The first-order valence-corrected chi connectivity index (χ1v) is 7.26. The highest BCUT2D eigenvalue weighted by Crippen LogP contribution is 2.34. The molecule has 0 spiro atoms. The Morgan fingerprint density at radius 3 is 1.73 bits per heavy atom. The van der Waals surface area contributed by atoms with E-state index in [0.717, 1.165) is 22.6 Å². The molecule has 0 aliphatic heterocycles. The van der Waals surface area contributed by atoms with Crippen LogP contribution in [0.15, 0.2) is 78.9 Å². The summed E-state index contributed by atoms with van der Waals surface area (Å²) < 4.78 is 0. The van der Waals surface area contributed by atoms with E-state index in [1.165, 1.54) is 5.56 Å². The molecule has 0 amide bonds. The first-order valence-electron chi connectivity index (χ1n) is 7.26. The van der Waals surface area contributed by atoms with Gasteiger partial charge in [-0.25, -0.2) is 0 Å². The zero-order valence-corrected chi connectivity index (χ0v) is 12.5. The van der Waals surface area contributed by atoms with E-state index in [9.17, 15) is 0 Å². The van der Waals surface area contributed by atoms with Crippen molar-refractivity contribution in [3.8, 4) is 12.3 Å². The average molecular weight is 283 g/mol. The standard InChI is InChI=1S/C21H17N/c1-3-18-11-15-21(16-12-18)22(19-7-5-4-6-8-19)20-13-9-17(2)10-14-20/h1,4-16H,2H3. The van der Waals surface area contributed by atoms with Gasteiger partial charge in [-0.15, -0.1) is 6.42 Å². The molecule has 0 aromatic heterocycles. The summed E-state index contributed by atoms with van der Waals surface area (Å²) >= 11 is 0. The zero-order chi connectivity index (χ0) is 15.4. The molecule has 0 unspecified atom stereocenters. The predicted molar refractivity (Wildman–Crippen MR) is 93.8 cm³/mol. The van der Waals surface area contributed by atoms with Crippen LogP contribution in [0.25, 0.3) is 0 Å². The Kier molecular flexibility index (Phi) is 3.94. The van der Waals surface area contributed by atoms with E-state index in [-0.39, 0.29) is 0 Å². The maximum Gasteiger partial charge on any atom is 0.0462 e. The van der Waals surface area contributed by atoms with Gasteiger partial charge in [-0.05, 0) is 55.5 Å². The minimum absolute atomic E-state index is 0.890. The number of rotatable bonds is 3. The first-order chi connectivity index (χ1) is 10.8. The fourth-order valence-corrected chi connectivity index (χ4v) is 2.42. The van der Waals surface area contributed by atoms with E-state index < -0.39 is 0 Å². The van der Waals surface area contributed by atoms with Gasteiger partial charge in [0.05, 0.1) is 0 Å². The summed E-state index contributed by atoms with van der Waals surface area (Å²) in [5.41, 5.74) is 5.49. The van der Waals surface area contributed by atoms with E-state index >= 15 is 0 Å². The van der Waals surface area contributed by atoms with Gasteiger partial charge in [0, 0.05) is 22.6 Å². The van der Waals surface area contributed by atoms with Gasteiger partial charge in [-0.3, -0.25) is 0 Å². The molecule has 0 saturated carbocycles. The molecule has 3 rings (SSSR count). The van der Waals surface area contributed by atoms with Crippen molar-refractivity contribution >= 4 is 17.1 Å². The van der Waals surface area contributed by atoms with Crippen LogP contribution in [-0.4, -0.2) is 0 Å². The van der Waals surface area contributed by atoms with Crippen LogP contribution >= 0.6 is 0 Å². The molecular formula is C21H17N. The predicted octanol–water partition coefficient (Wildman–Crippen LogP) is 5.45. The lowest BCUT2D eigenvalue weighted by molar-refractivity contribution is 1.27. The molecule has 1 nitrogen and oxygen atoms in total. The number of nitrogens with zero attached hydrogens (tertiary/aromatic N) is 1. The molecule has 22 heavy (non-hydrogen) atoms. The highest BCUT2D eigenvalue weighted by Gasteiger charge is 2.11. The third-order valence-electron chi connectivity index (χ3n) is 3.60. The smallest absolute Gasteiger partial charge is 0.0462 e. The first kappa shape index (κ1) is 14.0. The quantitative estimate of drug-likeness (QED) is 0.578. The number of terminal acetylenes is 1. The van der Waals surface area contributed by atoms with Gasteiger partial charge in [0.25, 0.3) is 0 Å². The molecule has 3 aromatic rings. The minimum atomic E-state index is 0.890. The van der Waals surface area contributed by atoms with Crippen LogP contribution in [0.4, 0.5) is 17.1 Å². The number of anilines is 3. The molecule has 1 heteroatoms. The van der Waals surface area contributed by atoms with Crippen LogP contribution in [0.5, 0.6) is 0 Å². The minimum Gasteiger partial charge on any atom is -0.311 e. The number of aryl methyl sites for hydroxylation is 1. The summed E-state index contributed by atoms with van der Waals surface area (Å²) in [6.45, 7) is 2.10. The van der Waals surface area contributed by atoms with E-state index in [1.54, 1.807) is 0 Å². The Balaban J connectivity index is 2.10. The molecule has 0 radical (unpaired) electrons. The fourth-order valence-electron chi connectivity index (χ4n) is 2.42. The summed E-state index contributed by atoms with van der Waals surface area (Å²) in [5.74, 6) is 2.66. The lowest BCUT2D eigenvalue weighted by Crippen LogP contribution is -2.09. The van der Waals surface area contributed by atoms with Crippen molar-refractivity contribution in [2.75, 3.05) is 4.90 Å². The van der Waals surface area contributed by atoms with Gasteiger partial charge in [0.2, 0.25) is 0 Å². The summed E-state index contributed by atoms with van der Waals surface area (Å²) in [7, 11) is 0. The van der Waals surface area contributed by atoms with Gasteiger partial charge in [0.1, 0.15) is 0 Å². The van der Waals surface area contributed by atoms with Crippen molar-refractivity contribution in [1.29, 1.82) is 0 Å². The third kappa shape index (κ3) is 2.87. The SMILES string of the molecule is C#Cc1ccc(N(c2ccccc2)c2ccc(C)cc2)cc1. The van der Waals surface area contributed by atoms with Crippen molar-refractivity contribution < 1.29 is 0 Å². The van der Waals surface area contributed by atoms with Gasteiger partial charge in [-0.1, -0.05) is 41.8 Å². The molecule has 0 saturated heterocycles. The van der Waals surface area contributed by atoms with E-state index in [2.05, 4.69) is 66.3 Å². The summed E-state index contributed by atoms with van der Waals surface area (Å²) in [6, 6.07) is 26.9. The maximum absolute atomic E-state index is 5.45. The molecular weight excluding hydrogens is 266 g/mol. The summed E-state index contributed by atoms with van der Waals surface area (Å²) in [5, 5.41) is 0. The van der Waals surface area contributed by atoms with Gasteiger partial charge in [-0.2, -0.15) is 0 Å². The summed E-state index contributed by atoms with van der Waals surface area (Å²) in [4.78, 5) is 2.22. The second-order valence-corrected chi connectivity index (χ2v) is 5.20. The summed E-state index contributed by atoms with van der Waals surface area (Å²) in [6.07, 6.45) is 5.45. The van der Waals surface area contributed by atoms with Crippen LogP contribution in [0.3, 0.4) is 0 Å². The average Bonchev–Trinajstić information content (AvgIpc) is 2.58. The van der Waals surface area contributed by atoms with Crippen molar-refractivity contribution in [2.24, 2.45) is 0 Å². The topological polar surface area (TPSA) is 3.24 Å². The number of hydrogen-bond donors (Lipinski definition) is 0. The van der Waals surface area contributed by atoms with E-state index in [4.69, 9.17) is 6.42 Å². The lowest BCUT2D eigenvalue weighted by Gasteiger charge is -2.25. The second-order valence-electron chi connectivity index (χ2n) is 5.20. The number of hydrogen-bond acceptors (Lipinski definition) is 1. The Morgan fingerprint density at radius 2 is 1.18 bits per heavy atom. The molecule has 0 atom stereocenters. The lowest BCUT2D eigenvalue weighted by atomic mass is 10.1. The monoisotopic (exact) mass is 283 g/mol.